The van der Waals surface area contributed by atoms with Gasteiger partial charge in [0, 0.05) is 0 Å². The molecule has 1 N–H and O–H groups in total. The van der Waals surface area contributed by atoms with E-state index < -0.39 is 6.17 Å². The van der Waals surface area contributed by atoms with Gasteiger partial charge in [0.05, 0.1) is 16.0 Å². The molecule has 1 fully saturated rings. The molecule has 0 spiro atoms. The van der Waals surface area contributed by atoms with E-state index in [0.29, 0.717) is 6.42 Å². The minimum absolute atomic E-state index is 0.0296. The molecule has 2 nitrogen and oxygen atoms in total. The van der Waals surface area contributed by atoms with Crippen LogP contribution in [0.4, 0.5) is 9.52 Å². The van der Waals surface area contributed by atoms with Gasteiger partial charge in [-0.3, -0.25) is 0 Å². The van der Waals surface area contributed by atoms with Crippen LogP contribution in [0.2, 0.25) is 0 Å². The zero-order valence-electron chi connectivity index (χ0n) is 6.96. The van der Waals surface area contributed by atoms with Gasteiger partial charge < -0.3 is 5.32 Å². The quantitative estimate of drug-likeness (QED) is 0.888. The van der Waals surface area contributed by atoms with E-state index in [9.17, 15) is 4.39 Å². The summed E-state index contributed by atoms with van der Waals surface area (Å²) < 4.78 is 14.2. The molecule has 0 amide bonds. The molecule has 0 bridgehead atoms. The number of rotatable bonds is 2. The van der Waals surface area contributed by atoms with E-state index in [2.05, 4.69) is 26.2 Å². The van der Waals surface area contributed by atoms with Crippen LogP contribution in [-0.4, -0.2) is 17.2 Å². The van der Waals surface area contributed by atoms with Crippen molar-refractivity contribution in [1.82, 2.24) is 4.98 Å². The van der Waals surface area contributed by atoms with Crippen molar-refractivity contribution in [3.05, 3.63) is 9.98 Å². The molecule has 0 aromatic carbocycles. The predicted molar refractivity (Wildman–Crippen MR) is 56.0 cm³/mol. The fraction of sp³-hybridized carbons (Fsp3) is 0.625. The summed E-state index contributed by atoms with van der Waals surface area (Å²) >= 11 is 4.82. The highest BCUT2D eigenvalue weighted by atomic mass is 79.9. The average Bonchev–Trinajstić information content (AvgIpc) is 2.64. The van der Waals surface area contributed by atoms with Crippen LogP contribution in [0.1, 0.15) is 19.3 Å². The molecule has 13 heavy (non-hydrogen) atoms. The lowest BCUT2D eigenvalue weighted by atomic mass is 10.2. The van der Waals surface area contributed by atoms with Gasteiger partial charge in [0.2, 0.25) is 0 Å². The maximum Gasteiger partial charge on any atom is 0.184 e. The molecule has 0 saturated heterocycles. The monoisotopic (exact) mass is 264 g/mol. The lowest BCUT2D eigenvalue weighted by molar-refractivity contribution is 0.323. The van der Waals surface area contributed by atoms with E-state index in [4.69, 9.17) is 0 Å². The van der Waals surface area contributed by atoms with E-state index in [0.717, 1.165) is 21.8 Å². The molecule has 1 aliphatic rings. The first-order valence-electron chi connectivity index (χ1n) is 4.27. The van der Waals surface area contributed by atoms with Gasteiger partial charge in [-0.2, -0.15) is 0 Å². The van der Waals surface area contributed by atoms with Crippen molar-refractivity contribution in [2.75, 3.05) is 5.32 Å². The van der Waals surface area contributed by atoms with Gasteiger partial charge in [-0.25, -0.2) is 9.37 Å². The lowest BCUT2D eigenvalue weighted by Gasteiger charge is -2.13. The van der Waals surface area contributed by atoms with Crippen LogP contribution in [0.5, 0.6) is 0 Å². The lowest BCUT2D eigenvalue weighted by Crippen LogP contribution is -2.24. The second-order valence-corrected chi connectivity index (χ2v) is 5.58. The summed E-state index contributed by atoms with van der Waals surface area (Å²) in [6, 6.07) is -0.0296. The van der Waals surface area contributed by atoms with Crippen LogP contribution in [0, 0.1) is 0 Å². The molecule has 2 rings (SSSR count). The molecular weight excluding hydrogens is 255 g/mol. The molecule has 5 heteroatoms. The first-order valence-corrected chi connectivity index (χ1v) is 5.88. The molecule has 1 heterocycles. The van der Waals surface area contributed by atoms with Gasteiger partial charge in [-0.15, -0.1) is 0 Å². The van der Waals surface area contributed by atoms with Crippen LogP contribution in [0.25, 0.3) is 0 Å². The number of anilines is 1. The van der Waals surface area contributed by atoms with Gasteiger partial charge in [0.15, 0.2) is 5.13 Å². The van der Waals surface area contributed by atoms with Crippen molar-refractivity contribution in [3.8, 4) is 0 Å². The van der Waals surface area contributed by atoms with Gasteiger partial charge >= 0.3 is 0 Å². The number of nitrogens with one attached hydrogen (secondary N) is 1. The third-order valence-corrected chi connectivity index (χ3v) is 3.63. The van der Waals surface area contributed by atoms with E-state index in [1.807, 2.05) is 0 Å². The fourth-order valence-electron chi connectivity index (χ4n) is 1.56. The molecule has 2 atom stereocenters. The van der Waals surface area contributed by atoms with E-state index in [1.54, 1.807) is 6.20 Å². The number of alkyl halides is 1. The normalized spacial score (nSPS) is 27.8. The molecule has 0 radical (unpaired) electrons. The zero-order chi connectivity index (χ0) is 9.26. The summed E-state index contributed by atoms with van der Waals surface area (Å²) in [7, 11) is 0. The fourth-order valence-corrected chi connectivity index (χ4v) is 2.73. The topological polar surface area (TPSA) is 24.9 Å². The predicted octanol–water partition coefficient (Wildman–Crippen LogP) is 3.21. The second-order valence-electron chi connectivity index (χ2n) is 3.17. The van der Waals surface area contributed by atoms with Crippen LogP contribution < -0.4 is 5.32 Å². The van der Waals surface area contributed by atoms with Crippen LogP contribution in [-0.2, 0) is 0 Å². The van der Waals surface area contributed by atoms with Gasteiger partial charge in [-0.05, 0) is 35.2 Å². The minimum Gasteiger partial charge on any atom is -0.356 e. The first-order chi connectivity index (χ1) is 6.25. The molecular formula is C8H10BrFN2S. The largest absolute Gasteiger partial charge is 0.356 e. The SMILES string of the molecule is F[C@H]1CCC[C@H]1Nc1ncc(Br)s1. The molecule has 0 aliphatic heterocycles. The standard InChI is InChI=1S/C8H10BrFN2S/c9-7-4-11-8(13-7)12-6-3-1-2-5(6)10/h4-6H,1-3H2,(H,11,12)/t5-,6+/m0/s1. The Labute approximate surface area is 88.7 Å². The number of halogens is 2. The van der Waals surface area contributed by atoms with Crippen LogP contribution in [0.3, 0.4) is 0 Å². The Morgan fingerprint density at radius 3 is 3.00 bits per heavy atom. The van der Waals surface area contributed by atoms with Gasteiger partial charge in [0.1, 0.15) is 6.17 Å². The van der Waals surface area contributed by atoms with Gasteiger partial charge in [0.25, 0.3) is 0 Å². The number of hydrogen-bond donors (Lipinski definition) is 1. The molecule has 1 aromatic heterocycles. The third kappa shape index (κ3) is 2.20. The molecule has 1 aliphatic carbocycles. The van der Waals surface area contributed by atoms with E-state index in [-0.39, 0.29) is 6.04 Å². The summed E-state index contributed by atoms with van der Waals surface area (Å²) in [5.41, 5.74) is 0. The zero-order valence-corrected chi connectivity index (χ0v) is 9.37. The highest BCUT2D eigenvalue weighted by Crippen LogP contribution is 2.29. The van der Waals surface area contributed by atoms with E-state index in [1.165, 1.54) is 11.3 Å². The Morgan fingerprint density at radius 1 is 1.62 bits per heavy atom. The van der Waals surface area contributed by atoms with Crippen molar-refractivity contribution < 1.29 is 4.39 Å². The Bertz CT molecular complexity index is 291. The Kier molecular flexibility index (Phi) is 2.83. The first kappa shape index (κ1) is 9.40. The van der Waals surface area contributed by atoms with Crippen LogP contribution >= 0.6 is 27.3 Å². The van der Waals surface area contributed by atoms with Crippen molar-refractivity contribution in [2.24, 2.45) is 0 Å². The van der Waals surface area contributed by atoms with Crippen molar-refractivity contribution in [3.63, 3.8) is 0 Å². The maximum atomic E-state index is 13.2. The average molecular weight is 265 g/mol. The van der Waals surface area contributed by atoms with Crippen molar-refractivity contribution in [2.45, 2.75) is 31.5 Å². The Morgan fingerprint density at radius 2 is 2.46 bits per heavy atom. The van der Waals surface area contributed by atoms with Crippen LogP contribution in [0.15, 0.2) is 9.98 Å². The minimum atomic E-state index is -0.706. The molecule has 1 aromatic rings. The summed E-state index contributed by atoms with van der Waals surface area (Å²) in [6.45, 7) is 0. The molecule has 72 valence electrons. The number of nitrogens with zero attached hydrogens (tertiary/aromatic N) is 1. The smallest absolute Gasteiger partial charge is 0.184 e. The van der Waals surface area contributed by atoms with Gasteiger partial charge in [-0.1, -0.05) is 11.3 Å². The Hall–Kier alpha value is -0.160. The third-order valence-electron chi connectivity index (χ3n) is 2.22. The molecule has 1 saturated carbocycles. The number of thiazole rings is 1. The molecule has 0 unspecified atom stereocenters. The highest BCUT2D eigenvalue weighted by Gasteiger charge is 2.27. The van der Waals surface area contributed by atoms with E-state index >= 15 is 0 Å². The van der Waals surface area contributed by atoms with Crippen molar-refractivity contribution in [1.29, 1.82) is 0 Å². The number of aromatic nitrogens is 1. The number of hydrogen-bond acceptors (Lipinski definition) is 3. The second kappa shape index (κ2) is 3.92. The summed E-state index contributed by atoms with van der Waals surface area (Å²) in [4.78, 5) is 4.11. The van der Waals surface area contributed by atoms with Crippen molar-refractivity contribution >= 4 is 32.4 Å². The maximum absolute atomic E-state index is 13.2. The Balaban J connectivity index is 1.97. The summed E-state index contributed by atoms with van der Waals surface area (Å²) in [5.74, 6) is 0. The highest BCUT2D eigenvalue weighted by molar-refractivity contribution is 9.11. The summed E-state index contributed by atoms with van der Waals surface area (Å²) in [6.07, 6.45) is 3.60. The summed E-state index contributed by atoms with van der Waals surface area (Å²) in [5, 5.41) is 3.92.